The molecule has 1 unspecified atom stereocenters. The van der Waals surface area contributed by atoms with Crippen LogP contribution in [0.1, 0.15) is 53.1 Å². The molecule has 0 amide bonds. The van der Waals surface area contributed by atoms with Gasteiger partial charge in [-0.15, -0.1) is 0 Å². The van der Waals surface area contributed by atoms with Crippen molar-refractivity contribution >= 4 is 16.9 Å². The molecule has 4 heterocycles. The molecule has 7 heteroatoms. The predicted molar refractivity (Wildman–Crippen MR) is 111 cm³/mol. The Bertz CT molecular complexity index is 1410. The SMILES string of the molecule is CCC1(O)C(=O)OCc2c1cc1n(c2=O)Cc2c-1nc1c(F)c(C)cc3c1c2CCC3. The Kier molecular flexibility index (Phi) is 3.62. The number of aliphatic hydroxyl groups is 1. The fourth-order valence-electron chi connectivity index (χ4n) is 5.48. The van der Waals surface area contributed by atoms with Crippen molar-refractivity contribution in [3.63, 3.8) is 0 Å². The summed E-state index contributed by atoms with van der Waals surface area (Å²) in [5, 5.41) is 11.9. The van der Waals surface area contributed by atoms with Crippen molar-refractivity contribution in [2.24, 2.45) is 0 Å². The number of hydrogen-bond donors (Lipinski definition) is 1. The largest absolute Gasteiger partial charge is 0.458 e. The molecule has 1 aromatic carbocycles. The van der Waals surface area contributed by atoms with E-state index in [1.165, 1.54) is 0 Å². The lowest BCUT2D eigenvalue weighted by Gasteiger charge is -2.31. The lowest BCUT2D eigenvalue weighted by Crippen LogP contribution is -2.44. The predicted octanol–water partition coefficient (Wildman–Crippen LogP) is 3.02. The highest BCUT2D eigenvalue weighted by molar-refractivity contribution is 5.92. The van der Waals surface area contributed by atoms with Gasteiger partial charge in [-0.3, -0.25) is 4.79 Å². The maximum absolute atomic E-state index is 15.1. The molecule has 0 bridgehead atoms. The van der Waals surface area contributed by atoms with Crippen LogP contribution in [0, 0.1) is 12.7 Å². The zero-order valence-corrected chi connectivity index (χ0v) is 17.3. The third kappa shape index (κ3) is 2.22. The molecule has 6 nitrogen and oxygen atoms in total. The minimum absolute atomic E-state index is 0.0855. The summed E-state index contributed by atoms with van der Waals surface area (Å²) in [5.41, 5.74) is 3.48. The van der Waals surface area contributed by atoms with Gasteiger partial charge >= 0.3 is 5.97 Å². The number of cyclic esters (lactones) is 1. The van der Waals surface area contributed by atoms with Gasteiger partial charge < -0.3 is 14.4 Å². The van der Waals surface area contributed by atoms with Gasteiger partial charge in [0.2, 0.25) is 0 Å². The average molecular weight is 420 g/mol. The summed E-state index contributed by atoms with van der Waals surface area (Å²) in [6, 6.07) is 3.58. The minimum atomic E-state index is -1.87. The van der Waals surface area contributed by atoms with E-state index >= 15 is 4.39 Å². The quantitative estimate of drug-likeness (QED) is 0.479. The molecule has 2 aliphatic heterocycles. The number of ether oxygens (including phenoxy) is 1. The summed E-state index contributed by atoms with van der Waals surface area (Å²) in [5.74, 6) is -1.09. The molecule has 3 aliphatic rings. The first-order valence-corrected chi connectivity index (χ1v) is 10.7. The van der Waals surface area contributed by atoms with E-state index in [1.807, 2.05) is 6.07 Å². The second kappa shape index (κ2) is 6.01. The number of halogens is 1. The highest BCUT2D eigenvalue weighted by Crippen LogP contribution is 2.43. The number of fused-ring (bicyclic) bond motifs is 5. The molecular formula is C24H21FN2O4. The van der Waals surface area contributed by atoms with Gasteiger partial charge in [-0.1, -0.05) is 13.0 Å². The Morgan fingerprint density at radius 3 is 2.81 bits per heavy atom. The number of benzene rings is 1. The Morgan fingerprint density at radius 2 is 2.03 bits per heavy atom. The van der Waals surface area contributed by atoms with Gasteiger partial charge in [0.1, 0.15) is 12.1 Å². The van der Waals surface area contributed by atoms with Crippen molar-refractivity contribution in [3.05, 3.63) is 61.7 Å². The van der Waals surface area contributed by atoms with E-state index in [9.17, 15) is 14.7 Å². The summed E-state index contributed by atoms with van der Waals surface area (Å²) in [4.78, 5) is 30.4. The molecular weight excluding hydrogens is 399 g/mol. The second-order valence-electron chi connectivity index (χ2n) is 8.76. The topological polar surface area (TPSA) is 81.4 Å². The number of carbonyl (C=O) groups is 1. The zero-order chi connectivity index (χ0) is 21.7. The van der Waals surface area contributed by atoms with E-state index in [0.29, 0.717) is 34.6 Å². The van der Waals surface area contributed by atoms with Crippen molar-refractivity contribution < 1.29 is 19.0 Å². The maximum Gasteiger partial charge on any atom is 0.343 e. The Balaban J connectivity index is 1.70. The summed E-state index contributed by atoms with van der Waals surface area (Å²) >= 11 is 0. The number of pyridine rings is 2. The maximum atomic E-state index is 15.1. The van der Waals surface area contributed by atoms with Crippen molar-refractivity contribution in [2.45, 2.75) is 58.3 Å². The van der Waals surface area contributed by atoms with Gasteiger partial charge in [0.15, 0.2) is 11.4 Å². The van der Waals surface area contributed by atoms with Gasteiger partial charge in [0.05, 0.1) is 23.5 Å². The van der Waals surface area contributed by atoms with Gasteiger partial charge in [-0.05, 0) is 55.4 Å². The number of nitrogens with zero attached hydrogens (tertiary/aromatic N) is 2. The molecule has 1 atom stereocenters. The molecule has 0 radical (unpaired) electrons. The van der Waals surface area contributed by atoms with E-state index in [-0.39, 0.29) is 30.0 Å². The summed E-state index contributed by atoms with van der Waals surface area (Å²) < 4.78 is 21.8. The molecule has 1 aliphatic carbocycles. The van der Waals surface area contributed by atoms with Crippen LogP contribution < -0.4 is 5.56 Å². The number of rotatable bonds is 1. The van der Waals surface area contributed by atoms with E-state index in [0.717, 1.165) is 41.3 Å². The van der Waals surface area contributed by atoms with Gasteiger partial charge in [0.25, 0.3) is 5.56 Å². The third-order valence-electron chi connectivity index (χ3n) is 7.15. The summed E-state index contributed by atoms with van der Waals surface area (Å²) in [7, 11) is 0. The molecule has 1 N–H and O–H groups in total. The standard InChI is InChI=1S/C24H21FN2O4/c1-3-24(30)16-8-17-20-14(9-27(17)22(28)15(16)10-31-23(24)29)13-6-4-5-12-7-11(2)19(25)21(26-20)18(12)13/h7-8,30H,3-6,9-10H2,1-2H3. The van der Waals surface area contributed by atoms with Crippen molar-refractivity contribution in [3.8, 4) is 11.4 Å². The Hall–Kier alpha value is -3.06. The number of aryl methyl sites for hydroxylation is 3. The first-order chi connectivity index (χ1) is 14.8. The van der Waals surface area contributed by atoms with Crippen LogP contribution in [-0.4, -0.2) is 20.6 Å². The van der Waals surface area contributed by atoms with Crippen LogP contribution >= 0.6 is 0 Å². The first-order valence-electron chi connectivity index (χ1n) is 10.7. The molecule has 0 saturated carbocycles. The van der Waals surface area contributed by atoms with Gasteiger partial charge in [0, 0.05) is 16.5 Å². The van der Waals surface area contributed by atoms with Crippen LogP contribution in [-0.2, 0) is 41.1 Å². The molecule has 31 heavy (non-hydrogen) atoms. The number of carbonyl (C=O) groups excluding carboxylic acids is 1. The fourth-order valence-corrected chi connectivity index (χ4v) is 5.48. The monoisotopic (exact) mass is 420 g/mol. The molecule has 158 valence electrons. The van der Waals surface area contributed by atoms with E-state index in [1.54, 1.807) is 24.5 Å². The second-order valence-corrected chi connectivity index (χ2v) is 8.76. The summed E-state index contributed by atoms with van der Waals surface area (Å²) in [6.45, 7) is 3.61. The molecule has 6 rings (SSSR count). The Morgan fingerprint density at radius 1 is 1.23 bits per heavy atom. The van der Waals surface area contributed by atoms with E-state index in [4.69, 9.17) is 9.72 Å². The molecule has 2 aromatic heterocycles. The number of hydrogen-bond acceptors (Lipinski definition) is 5. The molecule has 0 spiro atoms. The van der Waals surface area contributed by atoms with Crippen LogP contribution in [0.15, 0.2) is 16.9 Å². The van der Waals surface area contributed by atoms with Crippen LogP contribution in [0.25, 0.3) is 22.3 Å². The van der Waals surface area contributed by atoms with E-state index in [2.05, 4.69) is 0 Å². The Labute approximate surface area is 177 Å². The van der Waals surface area contributed by atoms with Gasteiger partial charge in [-0.25, -0.2) is 14.2 Å². The van der Waals surface area contributed by atoms with E-state index < -0.39 is 11.6 Å². The average Bonchev–Trinajstić information content (AvgIpc) is 3.14. The van der Waals surface area contributed by atoms with Crippen molar-refractivity contribution in [1.29, 1.82) is 0 Å². The minimum Gasteiger partial charge on any atom is -0.458 e. The lowest BCUT2D eigenvalue weighted by atomic mass is 9.85. The number of esters is 1. The lowest BCUT2D eigenvalue weighted by molar-refractivity contribution is -0.172. The van der Waals surface area contributed by atoms with Crippen molar-refractivity contribution in [2.75, 3.05) is 0 Å². The summed E-state index contributed by atoms with van der Waals surface area (Å²) in [6.07, 6.45) is 2.74. The van der Waals surface area contributed by atoms with Crippen LogP contribution in [0.5, 0.6) is 0 Å². The normalized spacial score (nSPS) is 21.0. The fraction of sp³-hybridized carbons (Fsp3) is 0.375. The number of aromatic nitrogens is 2. The highest BCUT2D eigenvalue weighted by Gasteiger charge is 2.45. The molecule has 0 fully saturated rings. The highest BCUT2D eigenvalue weighted by atomic mass is 19.1. The molecule has 3 aromatic rings. The van der Waals surface area contributed by atoms with Gasteiger partial charge in [-0.2, -0.15) is 0 Å². The molecule has 0 saturated heterocycles. The third-order valence-corrected chi connectivity index (χ3v) is 7.15. The smallest absolute Gasteiger partial charge is 0.343 e. The van der Waals surface area contributed by atoms with Crippen molar-refractivity contribution in [1.82, 2.24) is 9.55 Å². The first kappa shape index (κ1) is 18.7. The van der Waals surface area contributed by atoms with Crippen LogP contribution in [0.2, 0.25) is 0 Å². The van der Waals surface area contributed by atoms with Crippen LogP contribution in [0.3, 0.4) is 0 Å². The zero-order valence-electron chi connectivity index (χ0n) is 17.3. The van der Waals surface area contributed by atoms with Crippen LogP contribution in [0.4, 0.5) is 4.39 Å².